The molecule has 2 nitrogen and oxygen atoms in total. The van der Waals surface area contributed by atoms with E-state index in [1.807, 2.05) is 6.07 Å². The molecule has 0 radical (unpaired) electrons. The van der Waals surface area contributed by atoms with Crippen molar-refractivity contribution in [1.29, 1.82) is 5.26 Å². The van der Waals surface area contributed by atoms with Gasteiger partial charge in [0.05, 0.1) is 11.6 Å². The topological polar surface area (TPSA) is 40.9 Å². The van der Waals surface area contributed by atoms with Crippen molar-refractivity contribution in [2.75, 3.05) is 5.88 Å². The van der Waals surface area contributed by atoms with Crippen LogP contribution in [0.5, 0.6) is 0 Å². The lowest BCUT2D eigenvalue weighted by atomic mass is 10.1. The number of benzene rings is 1. The SMILES string of the molecule is N#Cc1cc(Cl)cc(C(=O)CCCl)c1. The standard InChI is InChI=1S/C10H7Cl2NO/c11-2-1-10(14)8-3-7(6-13)4-9(12)5-8/h3-5H,1-2H2. The predicted molar refractivity (Wildman–Crippen MR) is 55.8 cm³/mol. The van der Waals surface area contributed by atoms with Crippen LogP contribution in [0, 0.1) is 11.3 Å². The average molecular weight is 228 g/mol. The Hall–Kier alpha value is -1.04. The van der Waals surface area contributed by atoms with Crippen LogP contribution in [0.3, 0.4) is 0 Å². The van der Waals surface area contributed by atoms with E-state index in [1.54, 1.807) is 0 Å². The molecule has 1 rings (SSSR count). The van der Waals surface area contributed by atoms with Crippen LogP contribution in [0.4, 0.5) is 0 Å². The molecular weight excluding hydrogens is 221 g/mol. The third kappa shape index (κ3) is 2.73. The molecule has 0 aliphatic rings. The van der Waals surface area contributed by atoms with E-state index in [-0.39, 0.29) is 18.1 Å². The number of alkyl halides is 1. The molecule has 0 aliphatic heterocycles. The number of nitrogens with zero attached hydrogens (tertiary/aromatic N) is 1. The van der Waals surface area contributed by atoms with Crippen LogP contribution in [0.1, 0.15) is 22.3 Å². The highest BCUT2D eigenvalue weighted by Gasteiger charge is 2.07. The fraction of sp³-hybridized carbons (Fsp3) is 0.200. The van der Waals surface area contributed by atoms with Gasteiger partial charge in [-0.2, -0.15) is 5.26 Å². The number of Topliss-reactive ketones (excluding diaryl/α,β-unsaturated/α-hetero) is 1. The molecule has 0 heterocycles. The first-order valence-electron chi connectivity index (χ1n) is 3.97. The van der Waals surface area contributed by atoms with Gasteiger partial charge in [-0.3, -0.25) is 4.79 Å². The van der Waals surface area contributed by atoms with E-state index in [1.165, 1.54) is 18.2 Å². The van der Waals surface area contributed by atoms with E-state index in [4.69, 9.17) is 28.5 Å². The van der Waals surface area contributed by atoms with Crippen molar-refractivity contribution in [2.45, 2.75) is 6.42 Å². The lowest BCUT2D eigenvalue weighted by molar-refractivity contribution is 0.0989. The summed E-state index contributed by atoms with van der Waals surface area (Å²) in [6.45, 7) is 0. The second-order valence-electron chi connectivity index (χ2n) is 2.70. The number of carbonyl (C=O) groups is 1. The lowest BCUT2D eigenvalue weighted by Gasteiger charge is -2.00. The Morgan fingerprint density at radius 3 is 2.71 bits per heavy atom. The Bertz CT molecular complexity index is 396. The molecule has 0 bridgehead atoms. The predicted octanol–water partition coefficient (Wildman–Crippen LogP) is 3.02. The van der Waals surface area contributed by atoms with Crippen molar-refractivity contribution in [2.24, 2.45) is 0 Å². The first-order chi connectivity index (χ1) is 6.67. The normalized spacial score (nSPS) is 9.50. The lowest BCUT2D eigenvalue weighted by Crippen LogP contribution is -2.00. The molecule has 0 N–H and O–H groups in total. The summed E-state index contributed by atoms with van der Waals surface area (Å²) in [6, 6.07) is 6.50. The van der Waals surface area contributed by atoms with Gasteiger partial charge < -0.3 is 0 Å². The van der Waals surface area contributed by atoms with Crippen molar-refractivity contribution in [3.8, 4) is 6.07 Å². The highest BCUT2D eigenvalue weighted by molar-refractivity contribution is 6.31. The van der Waals surface area contributed by atoms with Crippen LogP contribution in [0.2, 0.25) is 5.02 Å². The van der Waals surface area contributed by atoms with Gasteiger partial charge in [-0.15, -0.1) is 11.6 Å². The van der Waals surface area contributed by atoms with Crippen molar-refractivity contribution in [1.82, 2.24) is 0 Å². The fourth-order valence-electron chi connectivity index (χ4n) is 1.05. The number of hydrogen-bond donors (Lipinski definition) is 0. The van der Waals surface area contributed by atoms with E-state index in [0.29, 0.717) is 16.1 Å². The van der Waals surface area contributed by atoms with Crippen LogP contribution in [-0.2, 0) is 0 Å². The van der Waals surface area contributed by atoms with Gasteiger partial charge in [0.2, 0.25) is 0 Å². The molecule has 0 aromatic heterocycles. The second-order valence-corrected chi connectivity index (χ2v) is 3.52. The Morgan fingerprint density at radius 1 is 1.43 bits per heavy atom. The van der Waals surface area contributed by atoms with Gasteiger partial charge in [-0.1, -0.05) is 11.6 Å². The zero-order valence-corrected chi connectivity index (χ0v) is 8.77. The monoisotopic (exact) mass is 227 g/mol. The van der Waals surface area contributed by atoms with Gasteiger partial charge in [-0.25, -0.2) is 0 Å². The smallest absolute Gasteiger partial charge is 0.164 e. The fourth-order valence-corrected chi connectivity index (χ4v) is 1.45. The number of rotatable bonds is 3. The van der Waals surface area contributed by atoms with Gasteiger partial charge in [0.15, 0.2) is 5.78 Å². The number of halogens is 2. The van der Waals surface area contributed by atoms with Crippen molar-refractivity contribution in [3.63, 3.8) is 0 Å². The van der Waals surface area contributed by atoms with Crippen molar-refractivity contribution >= 4 is 29.0 Å². The Balaban J connectivity index is 3.04. The Labute approximate surface area is 92.1 Å². The zero-order valence-electron chi connectivity index (χ0n) is 7.26. The Morgan fingerprint density at radius 2 is 2.14 bits per heavy atom. The molecule has 1 aromatic rings. The summed E-state index contributed by atoms with van der Waals surface area (Å²) in [7, 11) is 0. The molecule has 0 unspecified atom stereocenters. The maximum absolute atomic E-state index is 11.4. The molecular formula is C10H7Cl2NO. The molecule has 72 valence electrons. The van der Waals surface area contributed by atoms with Crippen LogP contribution in [-0.4, -0.2) is 11.7 Å². The van der Waals surface area contributed by atoms with Crippen LogP contribution in [0.25, 0.3) is 0 Å². The Kier molecular flexibility index (Phi) is 3.94. The van der Waals surface area contributed by atoms with Gasteiger partial charge in [0.1, 0.15) is 0 Å². The van der Waals surface area contributed by atoms with Crippen LogP contribution in [0.15, 0.2) is 18.2 Å². The van der Waals surface area contributed by atoms with E-state index >= 15 is 0 Å². The molecule has 0 aliphatic carbocycles. The summed E-state index contributed by atoms with van der Waals surface area (Å²) in [5, 5.41) is 9.04. The maximum Gasteiger partial charge on any atom is 0.164 e. The number of carbonyl (C=O) groups excluding carboxylic acids is 1. The minimum Gasteiger partial charge on any atom is -0.294 e. The minimum absolute atomic E-state index is 0.0981. The summed E-state index contributed by atoms with van der Waals surface area (Å²) in [4.78, 5) is 11.4. The summed E-state index contributed by atoms with van der Waals surface area (Å²) < 4.78 is 0. The summed E-state index contributed by atoms with van der Waals surface area (Å²) in [5.41, 5.74) is 0.824. The highest BCUT2D eigenvalue weighted by atomic mass is 35.5. The van der Waals surface area contributed by atoms with Crippen molar-refractivity contribution < 1.29 is 4.79 Å². The molecule has 0 atom stereocenters. The van der Waals surface area contributed by atoms with E-state index in [9.17, 15) is 4.79 Å². The maximum atomic E-state index is 11.4. The molecule has 0 saturated carbocycles. The largest absolute Gasteiger partial charge is 0.294 e. The quantitative estimate of drug-likeness (QED) is 0.589. The van der Waals surface area contributed by atoms with E-state index in [2.05, 4.69) is 0 Å². The third-order valence-corrected chi connectivity index (χ3v) is 2.08. The zero-order chi connectivity index (χ0) is 10.6. The number of ketones is 1. The summed E-state index contributed by atoms with van der Waals surface area (Å²) in [5.74, 6) is 0.173. The van der Waals surface area contributed by atoms with Gasteiger partial charge >= 0.3 is 0 Å². The molecule has 0 saturated heterocycles. The molecule has 4 heteroatoms. The van der Waals surface area contributed by atoms with E-state index < -0.39 is 0 Å². The van der Waals surface area contributed by atoms with Gasteiger partial charge in [-0.05, 0) is 18.2 Å². The first kappa shape index (κ1) is 11.0. The summed E-state index contributed by atoms with van der Waals surface area (Å²) in [6.07, 6.45) is 0.257. The molecule has 1 aromatic carbocycles. The molecule has 0 spiro atoms. The number of nitriles is 1. The average Bonchev–Trinajstić information content (AvgIpc) is 2.17. The van der Waals surface area contributed by atoms with Crippen LogP contribution >= 0.6 is 23.2 Å². The molecule has 14 heavy (non-hydrogen) atoms. The van der Waals surface area contributed by atoms with Crippen LogP contribution < -0.4 is 0 Å². The number of hydrogen-bond acceptors (Lipinski definition) is 2. The van der Waals surface area contributed by atoms with Gasteiger partial charge in [0.25, 0.3) is 0 Å². The van der Waals surface area contributed by atoms with Gasteiger partial charge in [0, 0.05) is 22.9 Å². The minimum atomic E-state index is -0.0981. The molecule has 0 amide bonds. The molecule has 0 fully saturated rings. The van der Waals surface area contributed by atoms with E-state index in [0.717, 1.165) is 0 Å². The second kappa shape index (κ2) is 4.99. The van der Waals surface area contributed by atoms with Crippen molar-refractivity contribution in [3.05, 3.63) is 34.3 Å². The first-order valence-corrected chi connectivity index (χ1v) is 4.88. The highest BCUT2D eigenvalue weighted by Crippen LogP contribution is 2.16. The summed E-state index contributed by atoms with van der Waals surface area (Å²) >= 11 is 11.2. The third-order valence-electron chi connectivity index (χ3n) is 1.67.